The molecule has 3 N–H and O–H groups in total. The van der Waals surface area contributed by atoms with Gasteiger partial charge in [-0.3, -0.25) is 0 Å². The Kier molecular flexibility index (Phi) is 7.38. The monoisotopic (exact) mass is 340 g/mol. The van der Waals surface area contributed by atoms with Crippen LogP contribution in [0.2, 0.25) is 0 Å². The van der Waals surface area contributed by atoms with Gasteiger partial charge in [-0.05, 0) is 27.2 Å². The number of rotatable bonds is 6. The molecule has 0 aromatic carbocycles. The zero-order chi connectivity index (χ0) is 15.5. The average molecular weight is 341 g/mol. The molecule has 1 aromatic heterocycles. The summed E-state index contributed by atoms with van der Waals surface area (Å²) in [6, 6.07) is -0.120. The zero-order valence-electron chi connectivity index (χ0n) is 12.4. The smallest absolute Gasteiger partial charge is 0.342 e. The minimum absolute atomic E-state index is 0. The van der Waals surface area contributed by atoms with Crippen LogP contribution >= 0.6 is 12.4 Å². The molecular formula is C12H21ClN2O5S. The van der Waals surface area contributed by atoms with E-state index >= 15 is 0 Å². The predicted molar refractivity (Wildman–Crippen MR) is 80.2 cm³/mol. The van der Waals surface area contributed by atoms with Crippen LogP contribution in [0.25, 0.3) is 0 Å². The molecule has 0 bridgehead atoms. The summed E-state index contributed by atoms with van der Waals surface area (Å²) >= 11 is 0. The molecule has 1 unspecified atom stereocenters. The topological polar surface area (TPSA) is 112 Å². The summed E-state index contributed by atoms with van der Waals surface area (Å²) in [5.41, 5.74) is 5.50. The highest BCUT2D eigenvalue weighted by molar-refractivity contribution is 7.89. The lowest BCUT2D eigenvalue weighted by molar-refractivity contribution is 0.0595. The number of ether oxygens (including phenoxy) is 1. The van der Waals surface area contributed by atoms with Gasteiger partial charge in [0.15, 0.2) is 0 Å². The average Bonchev–Trinajstić information content (AvgIpc) is 2.63. The molecular weight excluding hydrogens is 320 g/mol. The van der Waals surface area contributed by atoms with E-state index in [1.807, 2.05) is 0 Å². The normalized spacial score (nSPS) is 12.6. The van der Waals surface area contributed by atoms with Gasteiger partial charge >= 0.3 is 5.97 Å². The third-order valence-electron chi connectivity index (χ3n) is 2.76. The molecule has 0 saturated carbocycles. The highest BCUT2D eigenvalue weighted by atomic mass is 35.5. The number of hydrogen-bond donors (Lipinski definition) is 2. The lowest BCUT2D eigenvalue weighted by Gasteiger charge is -2.09. The second-order valence-corrected chi connectivity index (χ2v) is 6.28. The SMILES string of the molecule is COC(=O)c1c(C)oc(C)c1S(=O)(=O)NCCC(C)N.Cl. The fourth-order valence-electron chi connectivity index (χ4n) is 1.82. The van der Waals surface area contributed by atoms with Gasteiger partial charge in [0.1, 0.15) is 22.0 Å². The van der Waals surface area contributed by atoms with Crippen molar-refractivity contribution in [2.24, 2.45) is 5.73 Å². The lowest BCUT2D eigenvalue weighted by atomic mass is 10.2. The second-order valence-electron chi connectivity index (χ2n) is 4.57. The number of nitrogens with one attached hydrogen (secondary N) is 1. The molecule has 1 atom stereocenters. The van der Waals surface area contributed by atoms with Gasteiger partial charge in [0, 0.05) is 12.6 Å². The first-order chi connectivity index (χ1) is 9.20. The van der Waals surface area contributed by atoms with Crippen LogP contribution < -0.4 is 10.5 Å². The van der Waals surface area contributed by atoms with Crippen molar-refractivity contribution in [2.75, 3.05) is 13.7 Å². The van der Waals surface area contributed by atoms with Crippen molar-refractivity contribution in [2.45, 2.75) is 38.1 Å². The van der Waals surface area contributed by atoms with Crippen molar-refractivity contribution in [1.29, 1.82) is 0 Å². The molecule has 0 spiro atoms. The number of esters is 1. The van der Waals surface area contributed by atoms with E-state index < -0.39 is 16.0 Å². The van der Waals surface area contributed by atoms with Crippen LogP contribution in [0.4, 0.5) is 0 Å². The number of hydrogen-bond acceptors (Lipinski definition) is 6. The standard InChI is InChI=1S/C12H20N2O5S.ClH/c1-7(13)5-6-14-20(16,17)11-9(3)19-8(2)10(11)12(15)18-4;/h7,14H,5-6,13H2,1-4H3;1H. The van der Waals surface area contributed by atoms with Gasteiger partial charge in [0.2, 0.25) is 10.0 Å². The maximum absolute atomic E-state index is 12.3. The summed E-state index contributed by atoms with van der Waals surface area (Å²) < 4.78 is 36.8. The quantitative estimate of drug-likeness (QED) is 0.750. The van der Waals surface area contributed by atoms with Gasteiger partial charge < -0.3 is 14.9 Å². The Morgan fingerprint density at radius 2 is 1.95 bits per heavy atom. The molecule has 0 aliphatic rings. The molecule has 1 rings (SSSR count). The molecule has 122 valence electrons. The number of aryl methyl sites for hydroxylation is 2. The number of halogens is 1. The van der Waals surface area contributed by atoms with Crippen molar-refractivity contribution in [3.63, 3.8) is 0 Å². The van der Waals surface area contributed by atoms with Crippen molar-refractivity contribution < 1.29 is 22.4 Å². The molecule has 0 radical (unpaired) electrons. The first-order valence-corrected chi connectivity index (χ1v) is 7.62. The van der Waals surface area contributed by atoms with E-state index in [1.165, 1.54) is 21.0 Å². The molecule has 0 amide bonds. The maximum atomic E-state index is 12.3. The molecule has 1 aromatic rings. The van der Waals surface area contributed by atoms with Crippen LogP contribution in [-0.4, -0.2) is 34.1 Å². The number of methoxy groups -OCH3 is 1. The minimum Gasteiger partial charge on any atom is -0.465 e. The van der Waals surface area contributed by atoms with Crippen LogP contribution in [-0.2, 0) is 14.8 Å². The number of carbonyl (C=O) groups excluding carboxylic acids is 1. The largest absolute Gasteiger partial charge is 0.465 e. The van der Waals surface area contributed by atoms with Crippen molar-refractivity contribution in [3.8, 4) is 0 Å². The Labute approximate surface area is 130 Å². The molecule has 0 saturated heterocycles. The van der Waals surface area contributed by atoms with E-state index in [4.69, 9.17) is 10.2 Å². The fourth-order valence-corrected chi connectivity index (χ4v) is 3.26. The first-order valence-electron chi connectivity index (χ1n) is 6.14. The third-order valence-corrected chi connectivity index (χ3v) is 4.37. The number of sulfonamides is 1. The van der Waals surface area contributed by atoms with Crippen molar-refractivity contribution in [1.82, 2.24) is 4.72 Å². The Hall–Kier alpha value is -1.09. The van der Waals surface area contributed by atoms with Gasteiger partial charge in [-0.15, -0.1) is 12.4 Å². The van der Waals surface area contributed by atoms with E-state index in [1.54, 1.807) is 6.92 Å². The van der Waals surface area contributed by atoms with Crippen LogP contribution in [0.3, 0.4) is 0 Å². The van der Waals surface area contributed by atoms with E-state index in [9.17, 15) is 13.2 Å². The molecule has 0 fully saturated rings. The third kappa shape index (κ3) is 4.70. The van der Waals surface area contributed by atoms with Gasteiger partial charge in [-0.1, -0.05) is 0 Å². The highest BCUT2D eigenvalue weighted by Gasteiger charge is 2.31. The van der Waals surface area contributed by atoms with Gasteiger partial charge in [-0.2, -0.15) is 0 Å². The van der Waals surface area contributed by atoms with E-state index in [0.29, 0.717) is 6.42 Å². The Morgan fingerprint density at radius 3 is 2.43 bits per heavy atom. The Bertz CT molecular complexity index is 595. The summed E-state index contributed by atoms with van der Waals surface area (Å²) in [4.78, 5) is 11.5. The second kappa shape index (κ2) is 7.79. The number of carbonyl (C=O) groups is 1. The predicted octanol–water partition coefficient (Wildman–Crippen LogP) is 1.12. The van der Waals surface area contributed by atoms with E-state index in [-0.39, 0.29) is 47.0 Å². The highest BCUT2D eigenvalue weighted by Crippen LogP contribution is 2.27. The number of nitrogens with two attached hydrogens (primary N) is 1. The summed E-state index contributed by atoms with van der Waals surface area (Å²) in [5.74, 6) is -0.384. The van der Waals surface area contributed by atoms with Crippen LogP contribution in [0.5, 0.6) is 0 Å². The lowest BCUT2D eigenvalue weighted by Crippen LogP contribution is -2.30. The summed E-state index contributed by atoms with van der Waals surface area (Å²) in [7, 11) is -2.67. The fraction of sp³-hybridized carbons (Fsp3) is 0.583. The molecule has 9 heteroatoms. The van der Waals surface area contributed by atoms with Crippen LogP contribution in [0.1, 0.15) is 35.2 Å². The molecule has 21 heavy (non-hydrogen) atoms. The molecule has 0 aliphatic heterocycles. The van der Waals surface area contributed by atoms with E-state index in [2.05, 4.69) is 9.46 Å². The van der Waals surface area contributed by atoms with Crippen molar-refractivity contribution >= 4 is 28.4 Å². The number of furan rings is 1. The van der Waals surface area contributed by atoms with Gasteiger partial charge in [0.25, 0.3) is 0 Å². The van der Waals surface area contributed by atoms with E-state index in [0.717, 1.165) is 0 Å². The van der Waals surface area contributed by atoms with Gasteiger partial charge in [-0.25, -0.2) is 17.9 Å². The molecule has 0 aliphatic carbocycles. The molecule has 1 heterocycles. The zero-order valence-corrected chi connectivity index (χ0v) is 14.1. The molecule has 7 nitrogen and oxygen atoms in total. The van der Waals surface area contributed by atoms with Gasteiger partial charge in [0.05, 0.1) is 7.11 Å². The summed E-state index contributed by atoms with van der Waals surface area (Å²) in [6.07, 6.45) is 0.489. The Balaban J connectivity index is 0.00000400. The van der Waals surface area contributed by atoms with Crippen LogP contribution in [0.15, 0.2) is 9.31 Å². The van der Waals surface area contributed by atoms with Crippen molar-refractivity contribution in [3.05, 3.63) is 17.1 Å². The maximum Gasteiger partial charge on any atom is 0.342 e. The van der Waals surface area contributed by atoms with Crippen LogP contribution in [0, 0.1) is 13.8 Å². The minimum atomic E-state index is -3.85. The summed E-state index contributed by atoms with van der Waals surface area (Å²) in [6.45, 7) is 4.96. The summed E-state index contributed by atoms with van der Waals surface area (Å²) in [5, 5.41) is 0. The Morgan fingerprint density at radius 1 is 1.38 bits per heavy atom. The first kappa shape index (κ1) is 19.9.